The minimum Gasteiger partial charge on any atom is -0.368 e. The molecular formula is C19H20FN3O3. The van der Waals surface area contributed by atoms with Crippen LogP contribution >= 0.6 is 0 Å². The van der Waals surface area contributed by atoms with Crippen molar-refractivity contribution in [3.8, 4) is 0 Å². The van der Waals surface area contributed by atoms with Gasteiger partial charge in [0.15, 0.2) is 0 Å². The Morgan fingerprint density at radius 1 is 1.08 bits per heavy atom. The van der Waals surface area contributed by atoms with Crippen molar-refractivity contribution in [3.63, 3.8) is 0 Å². The zero-order chi connectivity index (χ0) is 18.4. The molecule has 6 nitrogen and oxygen atoms in total. The first-order chi connectivity index (χ1) is 12.6. The molecular weight excluding hydrogens is 337 g/mol. The Morgan fingerprint density at radius 3 is 2.58 bits per heavy atom. The first-order valence-corrected chi connectivity index (χ1v) is 8.42. The normalized spacial score (nSPS) is 16.1. The van der Waals surface area contributed by atoms with E-state index < -0.39 is 18.0 Å². The third-order valence-corrected chi connectivity index (χ3v) is 3.95. The van der Waals surface area contributed by atoms with Gasteiger partial charge in [0.05, 0.1) is 0 Å². The molecule has 1 saturated heterocycles. The number of urea groups is 1. The van der Waals surface area contributed by atoms with Crippen molar-refractivity contribution in [1.29, 1.82) is 0 Å². The number of benzene rings is 2. The van der Waals surface area contributed by atoms with Crippen LogP contribution in [0.25, 0.3) is 0 Å². The van der Waals surface area contributed by atoms with E-state index in [2.05, 4.69) is 16.0 Å². The molecule has 136 valence electrons. The maximum atomic E-state index is 13.1. The molecule has 0 aromatic heterocycles. The molecule has 1 aliphatic rings. The molecule has 26 heavy (non-hydrogen) atoms. The summed E-state index contributed by atoms with van der Waals surface area (Å²) in [5.74, 6) is -0.575. The van der Waals surface area contributed by atoms with E-state index in [9.17, 15) is 14.0 Å². The Kier molecular flexibility index (Phi) is 5.80. The molecule has 0 saturated carbocycles. The van der Waals surface area contributed by atoms with E-state index in [0.717, 1.165) is 18.4 Å². The summed E-state index contributed by atoms with van der Waals surface area (Å²) < 4.78 is 18.5. The highest BCUT2D eigenvalue weighted by Gasteiger charge is 2.23. The molecule has 3 rings (SSSR count). The number of anilines is 2. The van der Waals surface area contributed by atoms with Gasteiger partial charge < -0.3 is 20.7 Å². The number of ether oxygens (including phenoxy) is 1. The maximum absolute atomic E-state index is 13.1. The van der Waals surface area contributed by atoms with Crippen molar-refractivity contribution >= 4 is 23.3 Å². The van der Waals surface area contributed by atoms with Gasteiger partial charge in [-0.1, -0.05) is 18.2 Å². The predicted molar refractivity (Wildman–Crippen MR) is 96.3 cm³/mol. The van der Waals surface area contributed by atoms with Gasteiger partial charge in [-0.05, 0) is 48.7 Å². The minimum absolute atomic E-state index is 0.156. The number of hydrogen-bond acceptors (Lipinski definition) is 3. The van der Waals surface area contributed by atoms with Gasteiger partial charge in [0.2, 0.25) is 0 Å². The topological polar surface area (TPSA) is 79.5 Å². The summed E-state index contributed by atoms with van der Waals surface area (Å²) in [5.41, 5.74) is 1.85. The predicted octanol–water partition coefficient (Wildman–Crippen LogP) is 3.26. The summed E-state index contributed by atoms with van der Waals surface area (Å²) >= 11 is 0. The van der Waals surface area contributed by atoms with Crippen LogP contribution < -0.4 is 16.0 Å². The second-order valence-electron chi connectivity index (χ2n) is 6.01. The lowest BCUT2D eigenvalue weighted by Gasteiger charge is -2.12. The van der Waals surface area contributed by atoms with Gasteiger partial charge in [-0.25, -0.2) is 9.18 Å². The van der Waals surface area contributed by atoms with E-state index in [4.69, 9.17) is 4.74 Å². The Morgan fingerprint density at radius 2 is 1.85 bits per heavy atom. The zero-order valence-electron chi connectivity index (χ0n) is 14.1. The SMILES string of the molecule is O=C(NCc1cccc(NC(=O)C2CCCO2)c1)Nc1cccc(F)c1. The van der Waals surface area contributed by atoms with Crippen LogP contribution in [0.1, 0.15) is 18.4 Å². The lowest BCUT2D eigenvalue weighted by atomic mass is 10.2. The summed E-state index contributed by atoms with van der Waals surface area (Å²) in [7, 11) is 0. The Hall–Kier alpha value is -2.93. The van der Waals surface area contributed by atoms with Gasteiger partial charge in [-0.15, -0.1) is 0 Å². The van der Waals surface area contributed by atoms with Crippen molar-refractivity contribution in [3.05, 3.63) is 59.9 Å². The number of halogens is 1. The van der Waals surface area contributed by atoms with Crippen LogP contribution in [0, 0.1) is 5.82 Å². The highest BCUT2D eigenvalue weighted by atomic mass is 19.1. The average Bonchev–Trinajstić information content (AvgIpc) is 3.15. The van der Waals surface area contributed by atoms with Crippen LogP contribution in [-0.4, -0.2) is 24.6 Å². The van der Waals surface area contributed by atoms with Crippen molar-refractivity contribution in [2.75, 3.05) is 17.2 Å². The third-order valence-electron chi connectivity index (χ3n) is 3.95. The fraction of sp³-hybridized carbons (Fsp3) is 0.263. The smallest absolute Gasteiger partial charge is 0.319 e. The number of amides is 3. The molecule has 3 amide bonds. The number of rotatable bonds is 5. The third kappa shape index (κ3) is 5.03. The van der Waals surface area contributed by atoms with Gasteiger partial charge in [-0.3, -0.25) is 4.79 Å². The maximum Gasteiger partial charge on any atom is 0.319 e. The van der Waals surface area contributed by atoms with Gasteiger partial charge in [-0.2, -0.15) is 0 Å². The van der Waals surface area contributed by atoms with Crippen molar-refractivity contribution in [2.45, 2.75) is 25.5 Å². The van der Waals surface area contributed by atoms with Crippen molar-refractivity contribution < 1.29 is 18.7 Å². The van der Waals surface area contributed by atoms with E-state index >= 15 is 0 Å². The summed E-state index contributed by atoms with van der Waals surface area (Å²) in [4.78, 5) is 24.0. The van der Waals surface area contributed by atoms with E-state index in [1.165, 1.54) is 18.2 Å². The molecule has 1 fully saturated rings. The largest absolute Gasteiger partial charge is 0.368 e. The molecule has 7 heteroatoms. The summed E-state index contributed by atoms with van der Waals surface area (Å²) in [6, 6.07) is 12.4. The molecule has 3 N–H and O–H groups in total. The van der Waals surface area contributed by atoms with E-state index in [0.29, 0.717) is 18.0 Å². The van der Waals surface area contributed by atoms with Gasteiger partial charge in [0.25, 0.3) is 5.91 Å². The number of nitrogens with one attached hydrogen (secondary N) is 3. The Balaban J connectivity index is 1.51. The van der Waals surface area contributed by atoms with E-state index in [1.54, 1.807) is 24.3 Å². The quantitative estimate of drug-likeness (QED) is 0.768. The van der Waals surface area contributed by atoms with Gasteiger partial charge in [0, 0.05) is 24.5 Å². The summed E-state index contributed by atoms with van der Waals surface area (Å²) in [5, 5.41) is 8.08. The Bertz CT molecular complexity index is 791. The second-order valence-corrected chi connectivity index (χ2v) is 6.01. The molecule has 1 aliphatic heterocycles. The van der Waals surface area contributed by atoms with E-state index in [1.807, 2.05) is 6.07 Å². The number of hydrogen-bond donors (Lipinski definition) is 3. The van der Waals surface area contributed by atoms with Crippen molar-refractivity contribution in [2.24, 2.45) is 0 Å². The van der Waals surface area contributed by atoms with E-state index in [-0.39, 0.29) is 12.5 Å². The second kappa shape index (κ2) is 8.44. The molecule has 1 unspecified atom stereocenters. The lowest BCUT2D eigenvalue weighted by molar-refractivity contribution is -0.124. The Labute approximate surface area is 150 Å². The first-order valence-electron chi connectivity index (χ1n) is 8.42. The molecule has 2 aromatic rings. The molecule has 2 aromatic carbocycles. The summed E-state index contributed by atoms with van der Waals surface area (Å²) in [6.45, 7) is 0.882. The molecule has 0 radical (unpaired) electrons. The zero-order valence-corrected chi connectivity index (χ0v) is 14.1. The minimum atomic E-state index is -0.440. The molecule has 0 aliphatic carbocycles. The van der Waals surface area contributed by atoms with Gasteiger partial charge >= 0.3 is 6.03 Å². The molecule has 0 bridgehead atoms. The molecule has 0 spiro atoms. The van der Waals surface area contributed by atoms with Crippen LogP contribution in [-0.2, 0) is 16.1 Å². The molecule has 1 atom stereocenters. The lowest BCUT2D eigenvalue weighted by Crippen LogP contribution is -2.28. The molecule has 1 heterocycles. The van der Waals surface area contributed by atoms with Crippen LogP contribution in [0.3, 0.4) is 0 Å². The standard InChI is InChI=1S/C19H20FN3O3/c20-14-5-2-7-16(11-14)23-19(25)21-12-13-4-1-6-15(10-13)22-18(24)17-8-3-9-26-17/h1-2,4-7,10-11,17H,3,8-9,12H2,(H,22,24)(H2,21,23,25). The van der Waals surface area contributed by atoms with Crippen LogP contribution in [0.15, 0.2) is 48.5 Å². The van der Waals surface area contributed by atoms with Crippen molar-refractivity contribution in [1.82, 2.24) is 5.32 Å². The summed E-state index contributed by atoms with van der Waals surface area (Å²) in [6.07, 6.45) is 1.23. The van der Waals surface area contributed by atoms with Crippen LogP contribution in [0.4, 0.5) is 20.6 Å². The fourth-order valence-corrected chi connectivity index (χ4v) is 2.69. The number of carbonyl (C=O) groups is 2. The van der Waals surface area contributed by atoms with Gasteiger partial charge in [0.1, 0.15) is 11.9 Å². The monoisotopic (exact) mass is 357 g/mol. The first kappa shape index (κ1) is 17.9. The average molecular weight is 357 g/mol. The number of carbonyl (C=O) groups excluding carboxylic acids is 2. The highest BCUT2D eigenvalue weighted by molar-refractivity contribution is 5.94. The fourth-order valence-electron chi connectivity index (χ4n) is 2.69. The highest BCUT2D eigenvalue weighted by Crippen LogP contribution is 2.16. The van der Waals surface area contributed by atoms with Crippen LogP contribution in [0.2, 0.25) is 0 Å². The van der Waals surface area contributed by atoms with Crippen LogP contribution in [0.5, 0.6) is 0 Å².